The molecule has 0 heterocycles. The summed E-state index contributed by atoms with van der Waals surface area (Å²) in [6.45, 7) is 2.12. The molecule has 0 aromatic rings. The summed E-state index contributed by atoms with van der Waals surface area (Å²) in [6.07, 6.45) is 9.63. The third kappa shape index (κ3) is 5.12. The number of hydrogen-bond acceptors (Lipinski definition) is 0. The van der Waals surface area contributed by atoms with Gasteiger partial charge in [0.1, 0.15) is 0 Å². The summed E-state index contributed by atoms with van der Waals surface area (Å²) >= 11 is 0. The number of rotatable bonds is 2. The van der Waals surface area contributed by atoms with Gasteiger partial charge in [-0.1, -0.05) is 19.3 Å². The lowest BCUT2D eigenvalue weighted by atomic mass is 10.2. The molecule has 0 spiro atoms. The molecule has 0 atom stereocenters. The van der Waals surface area contributed by atoms with Crippen LogP contribution in [-0.4, -0.2) is 0 Å². The van der Waals surface area contributed by atoms with Gasteiger partial charge in [0.05, 0.1) is 0 Å². The normalized spacial score (nSPS) is 6.50. The zero-order valence-corrected chi connectivity index (χ0v) is 5.12. The fourth-order valence-corrected chi connectivity index (χ4v) is 0.372. The van der Waals surface area contributed by atoms with E-state index in [4.69, 9.17) is 6.42 Å². The second kappa shape index (κ2) is 6.12. The van der Waals surface area contributed by atoms with Crippen LogP contribution in [0, 0.1) is 24.2 Å². The van der Waals surface area contributed by atoms with Crippen LogP contribution in [0.15, 0.2) is 0 Å². The Morgan fingerprint density at radius 2 is 2.25 bits per heavy atom. The van der Waals surface area contributed by atoms with Crippen molar-refractivity contribution in [3.8, 4) is 17.8 Å². The van der Waals surface area contributed by atoms with E-state index < -0.39 is 0 Å². The molecular formula is C8H9. The van der Waals surface area contributed by atoms with Crippen LogP contribution in [0.25, 0.3) is 0 Å². The Kier molecular flexibility index (Phi) is 5.45. The van der Waals surface area contributed by atoms with Crippen molar-refractivity contribution in [2.45, 2.75) is 26.2 Å². The van der Waals surface area contributed by atoms with Crippen molar-refractivity contribution in [1.29, 1.82) is 0 Å². The van der Waals surface area contributed by atoms with Gasteiger partial charge in [-0.05, 0) is 24.7 Å². The summed E-state index contributed by atoms with van der Waals surface area (Å²) in [4.78, 5) is 0. The molecule has 0 aliphatic rings. The fourth-order valence-electron chi connectivity index (χ4n) is 0.372. The number of hydrogen-bond donors (Lipinski definition) is 0. The topological polar surface area (TPSA) is 0 Å². The minimum absolute atomic E-state index is 0.905. The van der Waals surface area contributed by atoms with Crippen LogP contribution < -0.4 is 0 Å². The molecule has 1 radical (unpaired) electrons. The number of unbranched alkanes of at least 4 members (excludes halogenated alkanes) is 2. The molecular weight excluding hydrogens is 96.1 g/mol. The predicted octanol–water partition coefficient (Wildman–Crippen LogP) is 1.77. The van der Waals surface area contributed by atoms with Gasteiger partial charge >= 0.3 is 0 Å². The van der Waals surface area contributed by atoms with Crippen molar-refractivity contribution >= 4 is 0 Å². The van der Waals surface area contributed by atoms with E-state index in [1.807, 2.05) is 5.92 Å². The van der Waals surface area contributed by atoms with Gasteiger partial charge in [-0.3, -0.25) is 0 Å². The molecule has 0 saturated heterocycles. The van der Waals surface area contributed by atoms with Gasteiger partial charge in [-0.25, -0.2) is 0 Å². The van der Waals surface area contributed by atoms with Gasteiger partial charge in [0.15, 0.2) is 0 Å². The van der Waals surface area contributed by atoms with Crippen molar-refractivity contribution in [3.05, 3.63) is 6.42 Å². The van der Waals surface area contributed by atoms with Gasteiger partial charge < -0.3 is 0 Å². The van der Waals surface area contributed by atoms with E-state index in [0.717, 1.165) is 12.8 Å². The summed E-state index contributed by atoms with van der Waals surface area (Å²) in [5.74, 6) is 7.25. The first-order valence-corrected chi connectivity index (χ1v) is 2.81. The van der Waals surface area contributed by atoms with Crippen LogP contribution in [0.5, 0.6) is 0 Å². The third-order valence-electron chi connectivity index (χ3n) is 0.806. The maximum Gasteiger partial charge on any atom is 0.00988 e. The highest BCUT2D eigenvalue weighted by molar-refractivity contribution is 5.18. The van der Waals surface area contributed by atoms with Gasteiger partial charge in [-0.15, -0.1) is 0 Å². The highest BCUT2D eigenvalue weighted by Crippen LogP contribution is 1.89. The lowest BCUT2D eigenvalue weighted by Gasteiger charge is -1.80. The van der Waals surface area contributed by atoms with E-state index in [9.17, 15) is 0 Å². The van der Waals surface area contributed by atoms with Crippen LogP contribution in [0.2, 0.25) is 0 Å². The van der Waals surface area contributed by atoms with E-state index in [0.29, 0.717) is 0 Å². The SMILES string of the molecule is [C]#CC#CCCCC. The average Bonchev–Trinajstić information content (AvgIpc) is 1.81. The zero-order valence-electron chi connectivity index (χ0n) is 5.12. The molecule has 0 rings (SSSR count). The van der Waals surface area contributed by atoms with Crippen LogP contribution >= 0.6 is 0 Å². The molecule has 0 aliphatic carbocycles. The summed E-state index contributed by atoms with van der Waals surface area (Å²) in [5.41, 5.74) is 0. The first kappa shape index (κ1) is 7.12. The zero-order chi connectivity index (χ0) is 6.24. The molecule has 0 aromatic heterocycles. The highest BCUT2D eigenvalue weighted by Gasteiger charge is 1.73. The molecule has 0 heteroatoms. The Bertz CT molecular complexity index is 126. The smallest absolute Gasteiger partial charge is 0.00988 e. The molecule has 41 valence electrons. The average molecular weight is 105 g/mol. The maximum atomic E-state index is 6.41. The highest BCUT2D eigenvalue weighted by atomic mass is 13.8. The first-order valence-electron chi connectivity index (χ1n) is 2.81. The van der Waals surface area contributed by atoms with Gasteiger partial charge in [0, 0.05) is 6.42 Å². The molecule has 0 fully saturated rings. The van der Waals surface area contributed by atoms with Crippen LogP contribution in [0.3, 0.4) is 0 Å². The predicted molar refractivity (Wildman–Crippen MR) is 34.4 cm³/mol. The van der Waals surface area contributed by atoms with Crippen LogP contribution in [0.4, 0.5) is 0 Å². The Morgan fingerprint density at radius 1 is 1.50 bits per heavy atom. The van der Waals surface area contributed by atoms with E-state index >= 15 is 0 Å². The second-order valence-electron chi connectivity index (χ2n) is 1.53. The Hall–Kier alpha value is -0.880. The van der Waals surface area contributed by atoms with E-state index in [1.54, 1.807) is 0 Å². The van der Waals surface area contributed by atoms with Crippen molar-refractivity contribution in [3.63, 3.8) is 0 Å². The first-order chi connectivity index (χ1) is 3.91. The molecule has 8 heavy (non-hydrogen) atoms. The van der Waals surface area contributed by atoms with Gasteiger partial charge in [0.25, 0.3) is 0 Å². The second-order valence-corrected chi connectivity index (χ2v) is 1.53. The van der Waals surface area contributed by atoms with Crippen molar-refractivity contribution in [1.82, 2.24) is 0 Å². The monoisotopic (exact) mass is 105 g/mol. The van der Waals surface area contributed by atoms with Gasteiger partial charge in [-0.2, -0.15) is 0 Å². The summed E-state index contributed by atoms with van der Waals surface area (Å²) in [6, 6.07) is 0. The van der Waals surface area contributed by atoms with Crippen molar-refractivity contribution < 1.29 is 0 Å². The summed E-state index contributed by atoms with van der Waals surface area (Å²) in [7, 11) is 0. The minimum Gasteiger partial charge on any atom is -0.0891 e. The van der Waals surface area contributed by atoms with E-state index in [-0.39, 0.29) is 0 Å². The van der Waals surface area contributed by atoms with Crippen LogP contribution in [0.1, 0.15) is 26.2 Å². The fraction of sp³-hybridized carbons (Fsp3) is 0.500. The van der Waals surface area contributed by atoms with Crippen molar-refractivity contribution in [2.75, 3.05) is 0 Å². The van der Waals surface area contributed by atoms with Crippen molar-refractivity contribution in [2.24, 2.45) is 0 Å². The van der Waals surface area contributed by atoms with E-state index in [1.165, 1.54) is 6.42 Å². The third-order valence-corrected chi connectivity index (χ3v) is 0.806. The lowest BCUT2D eigenvalue weighted by molar-refractivity contribution is 0.828. The standard InChI is InChI=1S/C8H9/c1-3-5-7-8-6-4-2/h3,5,7H2,1H3. The van der Waals surface area contributed by atoms with Gasteiger partial charge in [0.2, 0.25) is 0 Å². The molecule has 0 saturated carbocycles. The quantitative estimate of drug-likeness (QED) is 0.371. The summed E-state index contributed by atoms with van der Waals surface area (Å²) in [5, 5.41) is 0. The van der Waals surface area contributed by atoms with E-state index in [2.05, 4.69) is 18.8 Å². The Labute approximate surface area is 51.3 Å². The summed E-state index contributed by atoms with van der Waals surface area (Å²) < 4.78 is 0. The molecule has 0 unspecified atom stereocenters. The molecule has 0 nitrogen and oxygen atoms in total. The lowest BCUT2D eigenvalue weighted by Crippen LogP contribution is -1.65. The Morgan fingerprint density at radius 3 is 2.75 bits per heavy atom. The van der Waals surface area contributed by atoms with Crippen LogP contribution in [-0.2, 0) is 0 Å². The molecule has 0 amide bonds. The Balaban J connectivity index is 3.06. The maximum absolute atomic E-state index is 6.41. The molecule has 0 aliphatic heterocycles. The minimum atomic E-state index is 0.905. The largest absolute Gasteiger partial charge is 0.0891 e. The molecule has 0 N–H and O–H groups in total. The molecule has 0 bridgehead atoms. The molecule has 0 aromatic carbocycles.